The van der Waals surface area contributed by atoms with Gasteiger partial charge in [0, 0.05) is 13.2 Å². The Morgan fingerprint density at radius 3 is 2.71 bits per heavy atom. The minimum Gasteiger partial charge on any atom is -0.494 e. The van der Waals surface area contributed by atoms with E-state index in [-0.39, 0.29) is 6.79 Å². The molecule has 0 bridgehead atoms. The van der Waals surface area contributed by atoms with E-state index in [1.54, 1.807) is 7.11 Å². The molecule has 0 saturated carbocycles. The number of methoxy groups -OCH3 is 1. The van der Waals surface area contributed by atoms with Crippen LogP contribution in [-0.4, -0.2) is 20.5 Å². The lowest BCUT2D eigenvalue weighted by atomic mass is 10.3. The molecule has 0 aromatic heterocycles. The van der Waals surface area contributed by atoms with Crippen molar-refractivity contribution in [2.75, 3.05) is 20.5 Å². The second kappa shape index (κ2) is 6.08. The van der Waals surface area contributed by atoms with Gasteiger partial charge in [-0.1, -0.05) is 0 Å². The summed E-state index contributed by atoms with van der Waals surface area (Å²) in [4.78, 5) is 0. The van der Waals surface area contributed by atoms with E-state index in [0.717, 1.165) is 15.1 Å². The molecule has 0 N–H and O–H groups in total. The summed E-state index contributed by atoms with van der Waals surface area (Å²) in [5.41, 5.74) is 0. The van der Waals surface area contributed by atoms with Crippen LogP contribution in [0, 0.1) is 3.57 Å². The second-order valence-electron chi connectivity index (χ2n) is 2.58. The average molecular weight is 308 g/mol. The van der Waals surface area contributed by atoms with Gasteiger partial charge in [0.15, 0.2) is 6.79 Å². The normalized spacial score (nSPS) is 9.93. The van der Waals surface area contributed by atoms with E-state index in [9.17, 15) is 0 Å². The van der Waals surface area contributed by atoms with Crippen molar-refractivity contribution >= 4 is 22.6 Å². The number of ether oxygens (including phenoxy) is 3. The Bertz CT molecular complexity index is 289. The Balaban J connectivity index is 2.74. The topological polar surface area (TPSA) is 27.7 Å². The smallest absolute Gasteiger partial charge is 0.188 e. The number of hydrogen-bond donors (Lipinski definition) is 0. The lowest BCUT2D eigenvalue weighted by molar-refractivity contribution is 0.0503. The van der Waals surface area contributed by atoms with Crippen molar-refractivity contribution in [1.29, 1.82) is 0 Å². The summed E-state index contributed by atoms with van der Waals surface area (Å²) < 4.78 is 16.6. The molecule has 0 spiro atoms. The van der Waals surface area contributed by atoms with Crippen molar-refractivity contribution in [3.05, 3.63) is 21.8 Å². The van der Waals surface area contributed by atoms with Crippen LogP contribution < -0.4 is 9.47 Å². The molecule has 0 heterocycles. The Morgan fingerprint density at radius 1 is 1.29 bits per heavy atom. The molecule has 0 aliphatic carbocycles. The van der Waals surface area contributed by atoms with Gasteiger partial charge in [0.1, 0.15) is 11.5 Å². The van der Waals surface area contributed by atoms with Crippen LogP contribution in [-0.2, 0) is 4.74 Å². The van der Waals surface area contributed by atoms with Crippen LogP contribution in [0.4, 0.5) is 0 Å². The highest BCUT2D eigenvalue weighted by Gasteiger charge is 2.02. The SMILES string of the molecule is CCOc1ccc(I)c(OCOC)c1. The van der Waals surface area contributed by atoms with Gasteiger partial charge in [0.05, 0.1) is 10.2 Å². The van der Waals surface area contributed by atoms with Crippen molar-refractivity contribution in [3.63, 3.8) is 0 Å². The van der Waals surface area contributed by atoms with Crippen molar-refractivity contribution in [2.45, 2.75) is 6.92 Å². The predicted molar refractivity (Wildman–Crippen MR) is 62.8 cm³/mol. The minimum atomic E-state index is 0.256. The summed E-state index contributed by atoms with van der Waals surface area (Å²) in [6, 6.07) is 5.74. The molecule has 3 nitrogen and oxygen atoms in total. The molecule has 0 aliphatic heterocycles. The van der Waals surface area contributed by atoms with Crippen LogP contribution in [0.15, 0.2) is 18.2 Å². The van der Waals surface area contributed by atoms with E-state index in [0.29, 0.717) is 6.61 Å². The Kier molecular flexibility index (Phi) is 5.03. The van der Waals surface area contributed by atoms with E-state index < -0.39 is 0 Å². The molecule has 0 unspecified atom stereocenters. The molecule has 0 aliphatic rings. The molecule has 0 atom stereocenters. The van der Waals surface area contributed by atoms with Gasteiger partial charge in [0.25, 0.3) is 0 Å². The second-order valence-corrected chi connectivity index (χ2v) is 3.74. The van der Waals surface area contributed by atoms with Crippen LogP contribution in [0.3, 0.4) is 0 Å². The zero-order chi connectivity index (χ0) is 10.4. The third kappa shape index (κ3) is 3.34. The molecule has 0 saturated heterocycles. The molecule has 4 heteroatoms. The molecule has 0 fully saturated rings. The first-order valence-electron chi connectivity index (χ1n) is 4.32. The monoisotopic (exact) mass is 308 g/mol. The standard InChI is InChI=1S/C10H13IO3/c1-3-13-8-4-5-9(11)10(6-8)14-7-12-2/h4-6H,3,7H2,1-2H3. The quantitative estimate of drug-likeness (QED) is 0.618. The van der Waals surface area contributed by atoms with Crippen molar-refractivity contribution in [1.82, 2.24) is 0 Å². The fourth-order valence-electron chi connectivity index (χ4n) is 0.973. The van der Waals surface area contributed by atoms with Gasteiger partial charge < -0.3 is 14.2 Å². The van der Waals surface area contributed by atoms with Crippen molar-refractivity contribution in [3.8, 4) is 11.5 Å². The van der Waals surface area contributed by atoms with Crippen LogP contribution in [0.5, 0.6) is 11.5 Å². The van der Waals surface area contributed by atoms with E-state index >= 15 is 0 Å². The highest BCUT2D eigenvalue weighted by Crippen LogP contribution is 2.26. The molecule has 0 amide bonds. The third-order valence-corrected chi connectivity index (χ3v) is 2.44. The summed E-state index contributed by atoms with van der Waals surface area (Å²) in [7, 11) is 1.60. The highest BCUT2D eigenvalue weighted by molar-refractivity contribution is 14.1. The maximum absolute atomic E-state index is 5.36. The van der Waals surface area contributed by atoms with Gasteiger partial charge in [-0.25, -0.2) is 0 Å². The Hall–Kier alpha value is -0.490. The van der Waals surface area contributed by atoms with Gasteiger partial charge in [0.2, 0.25) is 0 Å². The maximum atomic E-state index is 5.36. The van der Waals surface area contributed by atoms with E-state index in [1.165, 1.54) is 0 Å². The van der Waals surface area contributed by atoms with Gasteiger partial charge in [-0.15, -0.1) is 0 Å². The zero-order valence-electron chi connectivity index (χ0n) is 8.25. The minimum absolute atomic E-state index is 0.256. The van der Waals surface area contributed by atoms with Gasteiger partial charge in [-0.3, -0.25) is 0 Å². The Morgan fingerprint density at radius 2 is 2.07 bits per heavy atom. The molecule has 78 valence electrons. The molecule has 1 rings (SSSR count). The first-order chi connectivity index (χ1) is 6.77. The van der Waals surface area contributed by atoms with Crippen LogP contribution in [0.1, 0.15) is 6.92 Å². The summed E-state index contributed by atoms with van der Waals surface area (Å²) in [6.07, 6.45) is 0. The first kappa shape index (κ1) is 11.6. The largest absolute Gasteiger partial charge is 0.494 e. The number of benzene rings is 1. The lowest BCUT2D eigenvalue weighted by Gasteiger charge is -2.09. The summed E-state index contributed by atoms with van der Waals surface area (Å²) in [5, 5.41) is 0. The van der Waals surface area contributed by atoms with E-state index in [1.807, 2.05) is 25.1 Å². The maximum Gasteiger partial charge on any atom is 0.188 e. The molecule has 1 aromatic carbocycles. The fraction of sp³-hybridized carbons (Fsp3) is 0.400. The summed E-state index contributed by atoms with van der Waals surface area (Å²) in [5.74, 6) is 1.61. The molecule has 1 aromatic rings. The Labute approximate surface area is 97.5 Å². The number of rotatable bonds is 5. The predicted octanol–water partition coefficient (Wildman–Crippen LogP) is 2.67. The van der Waals surface area contributed by atoms with Crippen LogP contribution in [0.2, 0.25) is 0 Å². The fourth-order valence-corrected chi connectivity index (χ4v) is 1.46. The van der Waals surface area contributed by atoms with Crippen LogP contribution in [0.25, 0.3) is 0 Å². The highest BCUT2D eigenvalue weighted by atomic mass is 127. The first-order valence-corrected chi connectivity index (χ1v) is 5.40. The summed E-state index contributed by atoms with van der Waals surface area (Å²) in [6.45, 7) is 2.86. The van der Waals surface area contributed by atoms with Crippen molar-refractivity contribution in [2.24, 2.45) is 0 Å². The zero-order valence-corrected chi connectivity index (χ0v) is 10.4. The lowest BCUT2D eigenvalue weighted by Crippen LogP contribution is -2.01. The van der Waals surface area contributed by atoms with Gasteiger partial charge in [-0.2, -0.15) is 0 Å². The third-order valence-electron chi connectivity index (χ3n) is 1.55. The van der Waals surface area contributed by atoms with Crippen LogP contribution >= 0.6 is 22.6 Å². The van der Waals surface area contributed by atoms with E-state index in [4.69, 9.17) is 14.2 Å². The van der Waals surface area contributed by atoms with Crippen molar-refractivity contribution < 1.29 is 14.2 Å². The molecular formula is C10H13IO3. The molecule has 14 heavy (non-hydrogen) atoms. The molecule has 0 radical (unpaired) electrons. The van der Waals surface area contributed by atoms with Gasteiger partial charge >= 0.3 is 0 Å². The van der Waals surface area contributed by atoms with Gasteiger partial charge in [-0.05, 0) is 41.6 Å². The number of hydrogen-bond acceptors (Lipinski definition) is 3. The number of halogens is 1. The average Bonchev–Trinajstić information content (AvgIpc) is 2.19. The molecular weight excluding hydrogens is 295 g/mol. The van der Waals surface area contributed by atoms with E-state index in [2.05, 4.69) is 22.6 Å². The summed E-state index contributed by atoms with van der Waals surface area (Å²) >= 11 is 2.21.